The number of nitrogens with zero attached hydrogens (tertiary/aromatic N) is 3. The second kappa shape index (κ2) is 5.87. The van der Waals surface area contributed by atoms with Gasteiger partial charge in [-0.1, -0.05) is 6.07 Å². The molecule has 0 aliphatic rings. The van der Waals surface area contributed by atoms with Gasteiger partial charge >= 0.3 is 6.09 Å². The molecule has 0 unspecified atom stereocenters. The van der Waals surface area contributed by atoms with Crippen molar-refractivity contribution in [2.75, 3.05) is 5.32 Å². The Kier molecular flexibility index (Phi) is 4.16. The second-order valence-corrected chi connectivity index (χ2v) is 5.56. The number of anilines is 1. The molecule has 2 aromatic heterocycles. The zero-order valence-corrected chi connectivity index (χ0v) is 12.5. The number of amides is 1. The molecule has 110 valence electrons. The van der Waals surface area contributed by atoms with Crippen molar-refractivity contribution in [2.45, 2.75) is 33.3 Å². The molecule has 0 fully saturated rings. The number of pyridine rings is 1. The quantitative estimate of drug-likeness (QED) is 0.917. The Bertz CT molecular complexity index is 633. The average Bonchev–Trinajstić information content (AvgIpc) is 2.38. The largest absolute Gasteiger partial charge is 0.444 e. The molecule has 0 aliphatic heterocycles. The van der Waals surface area contributed by atoms with E-state index in [2.05, 4.69) is 20.3 Å². The Morgan fingerprint density at radius 3 is 2.43 bits per heavy atom. The van der Waals surface area contributed by atoms with Crippen LogP contribution in [-0.4, -0.2) is 26.6 Å². The summed E-state index contributed by atoms with van der Waals surface area (Å²) in [6, 6.07) is 3.80. The molecule has 0 spiro atoms. The number of hydrogen-bond donors (Lipinski definition) is 1. The van der Waals surface area contributed by atoms with Crippen LogP contribution in [0.5, 0.6) is 0 Å². The highest BCUT2D eigenvalue weighted by atomic mass is 16.6. The highest BCUT2D eigenvalue weighted by Gasteiger charge is 2.17. The number of aromatic nitrogens is 3. The maximum absolute atomic E-state index is 11.6. The van der Waals surface area contributed by atoms with Crippen LogP contribution in [0.25, 0.3) is 11.1 Å². The van der Waals surface area contributed by atoms with Crippen molar-refractivity contribution in [3.05, 3.63) is 36.4 Å². The first-order valence-electron chi connectivity index (χ1n) is 6.59. The van der Waals surface area contributed by atoms with Gasteiger partial charge in [-0.15, -0.1) is 0 Å². The van der Waals surface area contributed by atoms with E-state index in [0.717, 1.165) is 16.8 Å². The predicted molar refractivity (Wildman–Crippen MR) is 79.9 cm³/mol. The van der Waals surface area contributed by atoms with Gasteiger partial charge < -0.3 is 4.74 Å². The van der Waals surface area contributed by atoms with Crippen molar-refractivity contribution in [3.8, 4) is 11.1 Å². The number of rotatable bonds is 2. The standard InChI is InChI=1S/C15H18N4O2/c1-10-12(6-5-7-16-10)11-8-17-13(18-9-11)19-14(20)21-15(2,3)4/h5-9H,1-4H3,(H,17,18,19,20). The van der Waals surface area contributed by atoms with Crippen molar-refractivity contribution in [1.82, 2.24) is 15.0 Å². The zero-order valence-electron chi connectivity index (χ0n) is 12.5. The maximum atomic E-state index is 11.6. The third-order valence-corrected chi connectivity index (χ3v) is 2.58. The summed E-state index contributed by atoms with van der Waals surface area (Å²) >= 11 is 0. The molecule has 6 heteroatoms. The lowest BCUT2D eigenvalue weighted by Crippen LogP contribution is -2.27. The van der Waals surface area contributed by atoms with E-state index in [0.29, 0.717) is 0 Å². The molecule has 2 heterocycles. The molecule has 6 nitrogen and oxygen atoms in total. The molecule has 21 heavy (non-hydrogen) atoms. The molecule has 1 N–H and O–H groups in total. The molecule has 0 atom stereocenters. The van der Waals surface area contributed by atoms with Gasteiger partial charge in [-0.05, 0) is 33.8 Å². The highest BCUT2D eigenvalue weighted by Crippen LogP contribution is 2.20. The summed E-state index contributed by atoms with van der Waals surface area (Å²) in [4.78, 5) is 24.1. The van der Waals surface area contributed by atoms with E-state index in [9.17, 15) is 4.79 Å². The van der Waals surface area contributed by atoms with Gasteiger partial charge in [-0.3, -0.25) is 10.3 Å². The van der Waals surface area contributed by atoms with Gasteiger partial charge in [0, 0.05) is 35.4 Å². The normalized spacial score (nSPS) is 11.0. The molecule has 0 aromatic carbocycles. The highest BCUT2D eigenvalue weighted by molar-refractivity contribution is 5.82. The lowest BCUT2D eigenvalue weighted by Gasteiger charge is -2.19. The van der Waals surface area contributed by atoms with Crippen molar-refractivity contribution in [1.29, 1.82) is 0 Å². The minimum Gasteiger partial charge on any atom is -0.444 e. The molecule has 0 radical (unpaired) electrons. The molecule has 0 aliphatic carbocycles. The van der Waals surface area contributed by atoms with E-state index in [1.165, 1.54) is 0 Å². The Labute approximate surface area is 123 Å². The van der Waals surface area contributed by atoms with Gasteiger partial charge in [0.1, 0.15) is 5.60 Å². The van der Waals surface area contributed by atoms with Gasteiger partial charge in [0.25, 0.3) is 0 Å². The summed E-state index contributed by atoms with van der Waals surface area (Å²) in [5.74, 6) is 0.203. The van der Waals surface area contributed by atoms with E-state index in [4.69, 9.17) is 4.74 Å². The number of aryl methyl sites for hydroxylation is 1. The number of ether oxygens (including phenoxy) is 1. The first kappa shape index (κ1) is 14.9. The summed E-state index contributed by atoms with van der Waals surface area (Å²) in [6.45, 7) is 7.30. The SMILES string of the molecule is Cc1ncccc1-c1cnc(NC(=O)OC(C)(C)C)nc1. The van der Waals surface area contributed by atoms with Crippen LogP contribution >= 0.6 is 0 Å². The summed E-state index contributed by atoms with van der Waals surface area (Å²) in [5.41, 5.74) is 2.14. The summed E-state index contributed by atoms with van der Waals surface area (Å²) < 4.78 is 5.14. The van der Waals surface area contributed by atoms with Gasteiger partial charge in [0.2, 0.25) is 5.95 Å². The Balaban J connectivity index is 2.10. The maximum Gasteiger partial charge on any atom is 0.414 e. The van der Waals surface area contributed by atoms with Crippen LogP contribution in [0.3, 0.4) is 0 Å². The van der Waals surface area contributed by atoms with Crippen LogP contribution in [0.4, 0.5) is 10.7 Å². The Morgan fingerprint density at radius 2 is 1.86 bits per heavy atom. The third-order valence-electron chi connectivity index (χ3n) is 2.58. The molecule has 1 amide bonds. The lowest BCUT2D eigenvalue weighted by atomic mass is 10.1. The fraction of sp³-hybridized carbons (Fsp3) is 0.333. The number of nitrogens with one attached hydrogen (secondary N) is 1. The number of hydrogen-bond acceptors (Lipinski definition) is 5. The van der Waals surface area contributed by atoms with Gasteiger partial charge in [0.15, 0.2) is 0 Å². The Morgan fingerprint density at radius 1 is 1.19 bits per heavy atom. The van der Waals surface area contributed by atoms with Crippen molar-refractivity contribution in [3.63, 3.8) is 0 Å². The molecule has 0 bridgehead atoms. The first-order chi connectivity index (χ1) is 9.85. The number of carbonyl (C=O) groups is 1. The van der Waals surface area contributed by atoms with Crippen LogP contribution < -0.4 is 5.32 Å². The lowest BCUT2D eigenvalue weighted by molar-refractivity contribution is 0.0634. The van der Waals surface area contributed by atoms with Gasteiger partial charge in [-0.2, -0.15) is 0 Å². The topological polar surface area (TPSA) is 77.0 Å². The van der Waals surface area contributed by atoms with Crippen LogP contribution in [-0.2, 0) is 4.74 Å². The molecule has 0 saturated carbocycles. The van der Waals surface area contributed by atoms with Crippen LogP contribution in [0.2, 0.25) is 0 Å². The van der Waals surface area contributed by atoms with E-state index in [-0.39, 0.29) is 5.95 Å². The first-order valence-corrected chi connectivity index (χ1v) is 6.59. The zero-order chi connectivity index (χ0) is 15.5. The second-order valence-electron chi connectivity index (χ2n) is 5.56. The molecular weight excluding hydrogens is 268 g/mol. The smallest absolute Gasteiger partial charge is 0.414 e. The van der Waals surface area contributed by atoms with Gasteiger partial charge in [0.05, 0.1) is 0 Å². The van der Waals surface area contributed by atoms with Crippen molar-refractivity contribution >= 4 is 12.0 Å². The predicted octanol–water partition coefficient (Wildman–Crippen LogP) is 3.19. The molecule has 2 rings (SSSR count). The van der Waals surface area contributed by atoms with E-state index < -0.39 is 11.7 Å². The fourth-order valence-corrected chi connectivity index (χ4v) is 1.72. The molecular formula is C15H18N4O2. The minimum absolute atomic E-state index is 0.203. The van der Waals surface area contributed by atoms with Crippen molar-refractivity contribution in [2.24, 2.45) is 0 Å². The van der Waals surface area contributed by atoms with E-state index >= 15 is 0 Å². The molecule has 0 saturated heterocycles. The molecule has 2 aromatic rings. The van der Waals surface area contributed by atoms with Crippen LogP contribution in [0.15, 0.2) is 30.7 Å². The fourth-order valence-electron chi connectivity index (χ4n) is 1.72. The summed E-state index contributed by atoms with van der Waals surface area (Å²) in [5, 5.41) is 2.49. The third kappa shape index (κ3) is 4.24. The average molecular weight is 286 g/mol. The summed E-state index contributed by atoms with van der Waals surface area (Å²) in [7, 11) is 0. The minimum atomic E-state index is -0.576. The monoisotopic (exact) mass is 286 g/mol. The van der Waals surface area contributed by atoms with Crippen LogP contribution in [0, 0.1) is 6.92 Å². The van der Waals surface area contributed by atoms with Crippen molar-refractivity contribution < 1.29 is 9.53 Å². The van der Waals surface area contributed by atoms with Crippen LogP contribution in [0.1, 0.15) is 26.5 Å². The summed E-state index contributed by atoms with van der Waals surface area (Å²) in [6.07, 6.45) is 4.44. The number of carbonyl (C=O) groups excluding carboxylic acids is 1. The van der Waals surface area contributed by atoms with E-state index in [1.807, 2.05) is 19.1 Å². The van der Waals surface area contributed by atoms with E-state index in [1.54, 1.807) is 39.4 Å². The van der Waals surface area contributed by atoms with Gasteiger partial charge in [-0.25, -0.2) is 14.8 Å². The Hall–Kier alpha value is -2.50.